The van der Waals surface area contributed by atoms with E-state index < -0.39 is 36.4 Å². The second-order valence-corrected chi connectivity index (χ2v) is 16.1. The third-order valence-electron chi connectivity index (χ3n) is 11.5. The van der Waals surface area contributed by atoms with E-state index in [1.807, 2.05) is 48.5 Å². The molecule has 2 fully saturated rings. The zero-order valence-corrected chi connectivity index (χ0v) is 34.8. The number of nitrogens with one attached hydrogen (secondary N) is 2. The zero-order chi connectivity index (χ0) is 43.2. The molecule has 0 aliphatic carbocycles. The number of hydrogen-bond donors (Lipinski definition) is 4. The Kier molecular flexibility index (Phi) is 13.4. The van der Waals surface area contributed by atoms with Crippen LogP contribution in [0.3, 0.4) is 0 Å². The standard InChI is InChI=1S/C47H53N7O7/c1-51(2)39(41(55)31-13-7-5-8-14-31)46(59)53-27-11-17-36(53)43(57)49-34-23-19-30(20-24-34)38-29-48-45(61-38)33-21-25-35(26-22-33)50-44(58)37-18-12-28-54(37)47(60)40(52(3)4)42(56)32-15-9-6-10-16-32/h5-10,13-16,19-26,29,36-37,39-42,55-56H,11-12,17-18,27-28H2,1-4H3,(H,49,57)(H,50,58)/t36?,37?,39-,40-,41-,42-/m0/s1. The van der Waals surface area contributed by atoms with Crippen LogP contribution in [0.4, 0.5) is 11.4 Å². The number of likely N-dealkylation sites (tertiary alicyclic amines) is 2. The van der Waals surface area contributed by atoms with E-state index in [9.17, 15) is 29.4 Å². The van der Waals surface area contributed by atoms with E-state index in [1.165, 1.54) is 0 Å². The van der Waals surface area contributed by atoms with Gasteiger partial charge in [-0.25, -0.2) is 4.98 Å². The topological polar surface area (TPSA) is 172 Å². The van der Waals surface area contributed by atoms with Gasteiger partial charge < -0.3 is 35.1 Å². The minimum Gasteiger partial charge on any atom is -0.436 e. The van der Waals surface area contributed by atoms with Crippen LogP contribution in [0.5, 0.6) is 0 Å². The summed E-state index contributed by atoms with van der Waals surface area (Å²) in [4.78, 5) is 65.6. The summed E-state index contributed by atoms with van der Waals surface area (Å²) >= 11 is 0. The number of nitrogens with zero attached hydrogens (tertiary/aromatic N) is 5. The molecule has 4 amide bonds. The number of likely N-dealkylation sites (N-methyl/N-ethyl adjacent to an activating group) is 2. The summed E-state index contributed by atoms with van der Waals surface area (Å²) in [5.41, 5.74) is 3.81. The molecule has 6 atom stereocenters. The average Bonchev–Trinajstić information content (AvgIpc) is 4.07. The Morgan fingerprint density at radius 3 is 1.44 bits per heavy atom. The molecule has 2 saturated heterocycles. The quantitative estimate of drug-likeness (QED) is 0.117. The molecular formula is C47H53N7O7. The summed E-state index contributed by atoms with van der Waals surface area (Å²) in [5.74, 6) is -0.290. The van der Waals surface area contributed by atoms with Gasteiger partial charge in [0.2, 0.25) is 29.5 Å². The Morgan fingerprint density at radius 2 is 1.03 bits per heavy atom. The SMILES string of the molecule is CN(C)[C@H](C(=O)N1CCCC1C(=O)Nc1ccc(-c2cnc(-c3ccc(NC(=O)C4CCCN4C(=O)[C@H]([C@@H](O)c4ccccc4)N(C)C)cc3)o2)cc1)[C@@H](O)c1ccccc1. The molecule has 0 bridgehead atoms. The summed E-state index contributed by atoms with van der Waals surface area (Å²) in [6.07, 6.45) is 1.90. The number of carbonyl (C=O) groups excluding carboxylic acids is 4. The third kappa shape index (κ3) is 9.58. The predicted molar refractivity (Wildman–Crippen MR) is 232 cm³/mol. The monoisotopic (exact) mass is 827 g/mol. The third-order valence-corrected chi connectivity index (χ3v) is 11.5. The Bertz CT molecular complexity index is 2120. The first-order valence-corrected chi connectivity index (χ1v) is 20.6. The summed E-state index contributed by atoms with van der Waals surface area (Å²) in [6, 6.07) is 29.3. The lowest BCUT2D eigenvalue weighted by Crippen LogP contribution is -2.53. The van der Waals surface area contributed by atoms with Crippen molar-refractivity contribution < 1.29 is 33.8 Å². The largest absolute Gasteiger partial charge is 0.436 e. The molecule has 7 rings (SSSR count). The molecule has 0 spiro atoms. The average molecular weight is 828 g/mol. The van der Waals surface area contributed by atoms with Crippen molar-refractivity contribution in [1.29, 1.82) is 0 Å². The van der Waals surface area contributed by atoms with Crippen molar-refractivity contribution in [1.82, 2.24) is 24.6 Å². The number of oxazole rings is 1. The smallest absolute Gasteiger partial charge is 0.247 e. The second kappa shape index (κ2) is 19.0. The van der Waals surface area contributed by atoms with Gasteiger partial charge in [0.1, 0.15) is 36.4 Å². The van der Waals surface area contributed by atoms with Crippen LogP contribution in [0.1, 0.15) is 49.0 Å². The minimum absolute atomic E-state index is 0.294. The minimum atomic E-state index is -1.05. The van der Waals surface area contributed by atoms with Crippen LogP contribution < -0.4 is 10.6 Å². The van der Waals surface area contributed by atoms with Gasteiger partial charge in [0.25, 0.3) is 0 Å². The molecular weight excluding hydrogens is 775 g/mol. The lowest BCUT2D eigenvalue weighted by Gasteiger charge is -2.34. The molecule has 1 aromatic heterocycles. The Hall–Kier alpha value is -6.19. The molecule has 14 nitrogen and oxygen atoms in total. The molecule has 2 aliphatic rings. The van der Waals surface area contributed by atoms with Crippen LogP contribution in [0, 0.1) is 0 Å². The number of anilines is 2. The number of benzene rings is 4. The Balaban J connectivity index is 0.946. The van der Waals surface area contributed by atoms with Crippen molar-refractivity contribution >= 4 is 35.0 Å². The second-order valence-electron chi connectivity index (χ2n) is 16.1. The Labute approximate surface area is 355 Å². The number of carbonyl (C=O) groups is 4. The fraction of sp³-hybridized carbons (Fsp3) is 0.340. The van der Waals surface area contributed by atoms with Gasteiger partial charge in [0, 0.05) is 35.6 Å². The summed E-state index contributed by atoms with van der Waals surface area (Å²) < 4.78 is 6.10. The first-order chi connectivity index (χ1) is 29.4. The highest BCUT2D eigenvalue weighted by Crippen LogP contribution is 2.31. The molecule has 14 heteroatoms. The van der Waals surface area contributed by atoms with E-state index in [4.69, 9.17) is 4.42 Å². The zero-order valence-electron chi connectivity index (χ0n) is 34.8. The normalized spacial score (nSPS) is 18.5. The number of aliphatic hydroxyl groups is 2. The van der Waals surface area contributed by atoms with Gasteiger partial charge in [-0.1, -0.05) is 60.7 Å². The summed E-state index contributed by atoms with van der Waals surface area (Å²) in [7, 11) is 6.98. The van der Waals surface area contributed by atoms with Crippen molar-refractivity contribution in [3.63, 3.8) is 0 Å². The molecule has 318 valence electrons. The maximum absolute atomic E-state index is 13.8. The van der Waals surface area contributed by atoms with Crippen LogP contribution in [-0.4, -0.2) is 124 Å². The maximum Gasteiger partial charge on any atom is 0.247 e. The first kappa shape index (κ1) is 42.9. The van der Waals surface area contributed by atoms with Gasteiger partial charge in [0.05, 0.1) is 6.20 Å². The van der Waals surface area contributed by atoms with Crippen molar-refractivity contribution in [3.05, 3.63) is 127 Å². The first-order valence-electron chi connectivity index (χ1n) is 20.6. The van der Waals surface area contributed by atoms with Gasteiger partial charge in [-0.3, -0.25) is 29.0 Å². The number of hydrogen-bond acceptors (Lipinski definition) is 10. The number of amides is 4. The fourth-order valence-corrected chi connectivity index (χ4v) is 8.29. The highest BCUT2D eigenvalue weighted by atomic mass is 16.4. The van der Waals surface area contributed by atoms with Crippen LogP contribution in [0.2, 0.25) is 0 Å². The molecule has 4 N–H and O–H groups in total. The number of aromatic nitrogens is 1. The molecule has 5 aromatic rings. The van der Waals surface area contributed by atoms with E-state index in [0.717, 1.165) is 5.56 Å². The van der Waals surface area contributed by atoms with E-state index >= 15 is 0 Å². The molecule has 61 heavy (non-hydrogen) atoms. The number of aliphatic hydroxyl groups excluding tert-OH is 2. The van der Waals surface area contributed by atoms with E-state index in [1.54, 1.807) is 115 Å². The number of rotatable bonds is 14. The van der Waals surface area contributed by atoms with Crippen molar-refractivity contribution in [2.45, 2.75) is 62.1 Å². The molecule has 2 aliphatic heterocycles. The van der Waals surface area contributed by atoms with Gasteiger partial charge in [-0.2, -0.15) is 0 Å². The van der Waals surface area contributed by atoms with Crippen molar-refractivity contribution in [2.24, 2.45) is 0 Å². The van der Waals surface area contributed by atoms with Gasteiger partial charge in [0.15, 0.2) is 5.76 Å². The predicted octanol–water partition coefficient (Wildman–Crippen LogP) is 5.20. The maximum atomic E-state index is 13.8. The molecule has 4 aromatic carbocycles. The van der Waals surface area contributed by atoms with Crippen LogP contribution >= 0.6 is 0 Å². The lowest BCUT2D eigenvalue weighted by atomic mass is 10.00. The van der Waals surface area contributed by atoms with E-state index in [0.29, 0.717) is 78.5 Å². The van der Waals surface area contributed by atoms with Gasteiger partial charge in [-0.05, 0) is 114 Å². The Morgan fingerprint density at radius 1 is 0.623 bits per heavy atom. The fourth-order valence-electron chi connectivity index (χ4n) is 8.29. The van der Waals surface area contributed by atoms with E-state index in [2.05, 4.69) is 15.6 Å². The van der Waals surface area contributed by atoms with Crippen molar-refractivity contribution in [2.75, 3.05) is 51.9 Å². The molecule has 2 unspecified atom stereocenters. The molecule has 0 radical (unpaired) electrons. The summed E-state index contributed by atoms with van der Waals surface area (Å²) in [6.45, 7) is 0.848. The molecule has 3 heterocycles. The van der Waals surface area contributed by atoms with Crippen LogP contribution in [-0.2, 0) is 19.2 Å². The highest BCUT2D eigenvalue weighted by Gasteiger charge is 2.42. The molecule has 0 saturated carbocycles. The van der Waals surface area contributed by atoms with Gasteiger partial charge in [-0.15, -0.1) is 0 Å². The van der Waals surface area contributed by atoms with E-state index in [-0.39, 0.29) is 23.6 Å². The van der Waals surface area contributed by atoms with Gasteiger partial charge >= 0.3 is 0 Å². The van der Waals surface area contributed by atoms with Crippen LogP contribution in [0.25, 0.3) is 22.8 Å². The summed E-state index contributed by atoms with van der Waals surface area (Å²) in [5, 5.41) is 28.2. The van der Waals surface area contributed by atoms with Crippen LogP contribution in [0.15, 0.2) is 120 Å². The highest BCUT2D eigenvalue weighted by molar-refractivity contribution is 5.99. The lowest BCUT2D eigenvalue weighted by molar-refractivity contribution is -0.144. The van der Waals surface area contributed by atoms with Crippen molar-refractivity contribution in [3.8, 4) is 22.8 Å².